The van der Waals surface area contributed by atoms with Crippen molar-refractivity contribution < 1.29 is 13.5 Å². The molecule has 2 nitrogen and oxygen atoms in total. The highest BCUT2D eigenvalue weighted by atomic mass is 79.9. The molecule has 0 bridgehead atoms. The molecule has 5 heteroatoms. The molecule has 2 aromatic carbocycles. The highest BCUT2D eigenvalue weighted by Gasteiger charge is 2.16. The first-order chi connectivity index (χ1) is 8.59. The van der Waals surface area contributed by atoms with Crippen LogP contribution in [-0.4, -0.2) is 0 Å². The number of anilines is 1. The summed E-state index contributed by atoms with van der Waals surface area (Å²) in [5.41, 5.74) is 6.10. The lowest BCUT2D eigenvalue weighted by Crippen LogP contribution is -2.03. The summed E-state index contributed by atoms with van der Waals surface area (Å²) in [7, 11) is 0. The van der Waals surface area contributed by atoms with Crippen molar-refractivity contribution in [2.75, 3.05) is 5.73 Å². The maximum atomic E-state index is 13.7. The maximum absolute atomic E-state index is 13.7. The van der Waals surface area contributed by atoms with Gasteiger partial charge in [0.25, 0.3) is 0 Å². The lowest BCUT2D eigenvalue weighted by Gasteiger charge is -2.10. The van der Waals surface area contributed by atoms with Crippen molar-refractivity contribution in [3.05, 3.63) is 58.1 Å². The Morgan fingerprint density at radius 1 is 1.17 bits per heavy atom. The molecular weight excluding hydrogens is 304 g/mol. The number of hydrogen-bond acceptors (Lipinski definition) is 2. The van der Waals surface area contributed by atoms with Gasteiger partial charge in [0, 0.05) is 4.47 Å². The van der Waals surface area contributed by atoms with Crippen molar-refractivity contribution in [1.82, 2.24) is 0 Å². The lowest BCUT2D eigenvalue weighted by molar-refractivity contribution is 0.274. The molecule has 94 valence electrons. The van der Waals surface area contributed by atoms with Crippen LogP contribution in [0.5, 0.6) is 5.75 Å². The normalized spacial score (nSPS) is 10.4. The highest BCUT2D eigenvalue weighted by molar-refractivity contribution is 9.10. The first-order valence-corrected chi connectivity index (χ1v) is 5.98. The molecule has 0 saturated heterocycles. The van der Waals surface area contributed by atoms with Crippen LogP contribution in [0.2, 0.25) is 0 Å². The summed E-state index contributed by atoms with van der Waals surface area (Å²) in [5, 5.41) is 0. The third-order valence-electron chi connectivity index (χ3n) is 2.39. The Morgan fingerprint density at radius 2 is 1.83 bits per heavy atom. The van der Waals surface area contributed by atoms with E-state index in [1.807, 2.05) is 18.2 Å². The van der Waals surface area contributed by atoms with Gasteiger partial charge in [0.2, 0.25) is 0 Å². The third-order valence-corrected chi connectivity index (χ3v) is 3.05. The third kappa shape index (κ3) is 2.61. The number of nitrogen functional groups attached to an aromatic ring is 1. The number of hydrogen-bond donors (Lipinski definition) is 1. The fourth-order valence-electron chi connectivity index (χ4n) is 1.45. The molecule has 18 heavy (non-hydrogen) atoms. The molecule has 0 spiro atoms. The summed E-state index contributed by atoms with van der Waals surface area (Å²) in [4.78, 5) is 0. The van der Waals surface area contributed by atoms with Gasteiger partial charge < -0.3 is 10.5 Å². The number of nitrogens with two attached hydrogens (primary N) is 1. The quantitative estimate of drug-likeness (QED) is 0.873. The van der Waals surface area contributed by atoms with Gasteiger partial charge >= 0.3 is 0 Å². The molecule has 0 amide bonds. The average molecular weight is 314 g/mol. The summed E-state index contributed by atoms with van der Waals surface area (Å²) in [5.74, 6) is -2.14. The minimum atomic E-state index is -0.891. The van der Waals surface area contributed by atoms with E-state index in [9.17, 15) is 8.78 Å². The monoisotopic (exact) mass is 313 g/mol. The predicted molar refractivity (Wildman–Crippen MR) is 69.2 cm³/mol. The van der Waals surface area contributed by atoms with Crippen molar-refractivity contribution in [3.8, 4) is 5.75 Å². The summed E-state index contributed by atoms with van der Waals surface area (Å²) >= 11 is 2.97. The molecule has 0 fully saturated rings. The molecule has 0 atom stereocenters. The average Bonchev–Trinajstić information content (AvgIpc) is 2.37. The van der Waals surface area contributed by atoms with E-state index in [1.54, 1.807) is 12.1 Å². The van der Waals surface area contributed by atoms with Crippen LogP contribution in [0.25, 0.3) is 0 Å². The van der Waals surface area contributed by atoms with Gasteiger partial charge in [-0.15, -0.1) is 0 Å². The van der Waals surface area contributed by atoms with Crippen LogP contribution in [0.1, 0.15) is 5.56 Å². The molecule has 0 aromatic heterocycles. The Hall–Kier alpha value is -1.62. The number of rotatable bonds is 3. The lowest BCUT2D eigenvalue weighted by atomic mass is 10.2. The molecule has 0 heterocycles. The van der Waals surface area contributed by atoms with Crippen LogP contribution in [0.15, 0.2) is 40.9 Å². The number of benzene rings is 2. The zero-order valence-corrected chi connectivity index (χ0v) is 10.9. The fraction of sp³-hybridized carbons (Fsp3) is 0.0769. The molecular formula is C13H10BrF2NO. The van der Waals surface area contributed by atoms with Crippen molar-refractivity contribution in [1.29, 1.82) is 0 Å². The highest BCUT2D eigenvalue weighted by Crippen LogP contribution is 2.33. The van der Waals surface area contributed by atoms with Crippen LogP contribution in [0.4, 0.5) is 14.5 Å². The predicted octanol–water partition coefficient (Wildman–Crippen LogP) is 3.89. The van der Waals surface area contributed by atoms with Gasteiger partial charge in [-0.25, -0.2) is 8.78 Å². The smallest absolute Gasteiger partial charge is 0.193 e. The Kier molecular flexibility index (Phi) is 3.81. The summed E-state index contributed by atoms with van der Waals surface area (Å²) < 4.78 is 32.6. The standard InChI is InChI=1S/C13H10BrF2NO/c14-9-6-10(15)13(11(16)12(9)17)18-7-8-4-2-1-3-5-8/h1-6H,7,17H2. The Balaban J connectivity index is 2.22. The SMILES string of the molecule is Nc1c(Br)cc(F)c(OCc2ccccc2)c1F. The minimum absolute atomic E-state index is 0.0791. The van der Waals surface area contributed by atoms with E-state index in [0.717, 1.165) is 11.6 Å². The Labute approximate surface area is 112 Å². The van der Waals surface area contributed by atoms with Gasteiger partial charge in [0.05, 0.1) is 5.69 Å². The molecule has 2 aromatic rings. The first kappa shape index (κ1) is 12.8. The summed E-state index contributed by atoms with van der Waals surface area (Å²) in [6.07, 6.45) is 0. The summed E-state index contributed by atoms with van der Waals surface area (Å²) in [6, 6.07) is 10.2. The van der Waals surface area contributed by atoms with Crippen LogP contribution in [0, 0.1) is 11.6 Å². The van der Waals surface area contributed by atoms with Gasteiger partial charge in [0.15, 0.2) is 17.4 Å². The molecule has 2 rings (SSSR count). The van der Waals surface area contributed by atoms with Crippen LogP contribution >= 0.6 is 15.9 Å². The molecule has 0 aliphatic rings. The van der Waals surface area contributed by atoms with E-state index in [-0.39, 0.29) is 16.8 Å². The second-order valence-corrected chi connectivity index (χ2v) is 4.53. The fourth-order valence-corrected chi connectivity index (χ4v) is 1.82. The van der Waals surface area contributed by atoms with E-state index in [2.05, 4.69) is 15.9 Å². The Bertz CT molecular complexity index is 561. The van der Waals surface area contributed by atoms with Gasteiger partial charge in [-0.2, -0.15) is 0 Å². The molecule has 0 aliphatic carbocycles. The maximum Gasteiger partial charge on any atom is 0.193 e. The second kappa shape index (κ2) is 5.35. The van der Waals surface area contributed by atoms with E-state index in [1.165, 1.54) is 0 Å². The molecule has 0 radical (unpaired) electrons. The molecule has 0 saturated carbocycles. The van der Waals surface area contributed by atoms with Crippen molar-refractivity contribution >= 4 is 21.6 Å². The van der Waals surface area contributed by atoms with E-state index < -0.39 is 17.4 Å². The zero-order valence-electron chi connectivity index (χ0n) is 9.29. The minimum Gasteiger partial charge on any atom is -0.483 e. The number of ether oxygens (including phenoxy) is 1. The molecule has 2 N–H and O–H groups in total. The van der Waals surface area contributed by atoms with Crippen molar-refractivity contribution in [3.63, 3.8) is 0 Å². The molecule has 0 unspecified atom stereocenters. The van der Waals surface area contributed by atoms with Gasteiger partial charge in [-0.3, -0.25) is 0 Å². The van der Waals surface area contributed by atoms with Gasteiger partial charge in [-0.05, 0) is 27.6 Å². The van der Waals surface area contributed by atoms with Crippen LogP contribution in [-0.2, 0) is 6.61 Å². The van der Waals surface area contributed by atoms with E-state index >= 15 is 0 Å². The zero-order chi connectivity index (χ0) is 13.1. The first-order valence-electron chi connectivity index (χ1n) is 5.19. The van der Waals surface area contributed by atoms with Crippen LogP contribution < -0.4 is 10.5 Å². The van der Waals surface area contributed by atoms with E-state index in [4.69, 9.17) is 10.5 Å². The van der Waals surface area contributed by atoms with Crippen molar-refractivity contribution in [2.45, 2.75) is 6.61 Å². The topological polar surface area (TPSA) is 35.2 Å². The summed E-state index contributed by atoms with van der Waals surface area (Å²) in [6.45, 7) is 0.0791. The Morgan fingerprint density at radius 3 is 2.50 bits per heavy atom. The molecule has 0 aliphatic heterocycles. The largest absolute Gasteiger partial charge is 0.483 e. The van der Waals surface area contributed by atoms with Crippen molar-refractivity contribution in [2.24, 2.45) is 0 Å². The number of halogens is 3. The second-order valence-electron chi connectivity index (χ2n) is 3.67. The van der Waals surface area contributed by atoms with Gasteiger partial charge in [-0.1, -0.05) is 30.3 Å². The van der Waals surface area contributed by atoms with Gasteiger partial charge in [0.1, 0.15) is 6.61 Å². The van der Waals surface area contributed by atoms with E-state index in [0.29, 0.717) is 0 Å². The van der Waals surface area contributed by atoms with Crippen LogP contribution in [0.3, 0.4) is 0 Å².